The van der Waals surface area contributed by atoms with Gasteiger partial charge >= 0.3 is 0 Å². The van der Waals surface area contributed by atoms with E-state index >= 15 is 0 Å². The van der Waals surface area contributed by atoms with Gasteiger partial charge in [0.15, 0.2) is 0 Å². The molecule has 2 heteroatoms. The first-order valence-corrected chi connectivity index (χ1v) is 5.86. The summed E-state index contributed by atoms with van der Waals surface area (Å²) in [5.74, 6) is 0. The predicted molar refractivity (Wildman–Crippen MR) is 60.3 cm³/mol. The normalized spacial score (nSPS) is 30.2. The fourth-order valence-electron chi connectivity index (χ4n) is 2.56. The summed E-state index contributed by atoms with van der Waals surface area (Å²) in [7, 11) is 0. The summed E-state index contributed by atoms with van der Waals surface area (Å²) in [6.45, 7) is 8.71. The van der Waals surface area contributed by atoms with Gasteiger partial charge in [0, 0.05) is 12.1 Å². The number of nitrogens with one attached hydrogen (secondary N) is 1. The van der Waals surface area contributed by atoms with Gasteiger partial charge in [0.2, 0.25) is 0 Å². The molecule has 1 fully saturated rings. The third-order valence-corrected chi connectivity index (χ3v) is 3.44. The van der Waals surface area contributed by atoms with Crippen molar-refractivity contribution in [3.63, 3.8) is 0 Å². The smallest absolute Gasteiger partial charge is 0.0526 e. The van der Waals surface area contributed by atoms with Crippen molar-refractivity contribution in [3.8, 4) is 0 Å². The molecular formula is C12H25NO. The Morgan fingerprint density at radius 3 is 2.50 bits per heavy atom. The van der Waals surface area contributed by atoms with Crippen molar-refractivity contribution in [2.45, 2.75) is 71.6 Å². The average molecular weight is 199 g/mol. The molecule has 0 radical (unpaired) electrons. The van der Waals surface area contributed by atoms with Crippen molar-refractivity contribution in [2.75, 3.05) is 0 Å². The molecule has 0 bridgehead atoms. The molecule has 0 saturated heterocycles. The Labute approximate surface area is 88.1 Å². The van der Waals surface area contributed by atoms with Crippen LogP contribution in [-0.2, 0) is 0 Å². The third-order valence-electron chi connectivity index (χ3n) is 3.44. The lowest BCUT2D eigenvalue weighted by Gasteiger charge is -2.31. The van der Waals surface area contributed by atoms with E-state index in [9.17, 15) is 5.11 Å². The van der Waals surface area contributed by atoms with Gasteiger partial charge in [0.25, 0.3) is 0 Å². The van der Waals surface area contributed by atoms with Gasteiger partial charge in [-0.1, -0.05) is 20.3 Å². The molecule has 1 rings (SSSR count). The summed E-state index contributed by atoms with van der Waals surface area (Å²) in [6, 6.07) is 1.06. The van der Waals surface area contributed by atoms with Crippen LogP contribution >= 0.6 is 0 Å². The van der Waals surface area contributed by atoms with Crippen LogP contribution in [-0.4, -0.2) is 23.3 Å². The van der Waals surface area contributed by atoms with Crippen molar-refractivity contribution >= 4 is 0 Å². The first-order valence-electron chi connectivity index (χ1n) is 5.86. The maximum atomic E-state index is 9.29. The highest BCUT2D eigenvalue weighted by molar-refractivity contribution is 4.91. The van der Waals surface area contributed by atoms with Gasteiger partial charge in [-0.15, -0.1) is 0 Å². The van der Waals surface area contributed by atoms with E-state index in [0.29, 0.717) is 17.5 Å². The average Bonchev–Trinajstić information content (AvgIpc) is 2.29. The van der Waals surface area contributed by atoms with Gasteiger partial charge in [0.1, 0.15) is 0 Å². The van der Waals surface area contributed by atoms with E-state index in [1.807, 2.05) is 6.92 Å². The SMILES string of the molecule is CC(O)CC(C)NC1CCCC1(C)C. The van der Waals surface area contributed by atoms with Crippen LogP contribution in [0, 0.1) is 5.41 Å². The van der Waals surface area contributed by atoms with E-state index in [1.54, 1.807) is 0 Å². The van der Waals surface area contributed by atoms with Crippen molar-refractivity contribution in [1.82, 2.24) is 5.32 Å². The molecule has 1 aliphatic rings. The van der Waals surface area contributed by atoms with Crippen LogP contribution in [0.25, 0.3) is 0 Å². The van der Waals surface area contributed by atoms with Crippen LogP contribution < -0.4 is 5.32 Å². The summed E-state index contributed by atoms with van der Waals surface area (Å²) in [4.78, 5) is 0. The Morgan fingerprint density at radius 2 is 2.07 bits per heavy atom. The molecular weight excluding hydrogens is 174 g/mol. The zero-order chi connectivity index (χ0) is 10.8. The van der Waals surface area contributed by atoms with Crippen LogP contribution in [0.1, 0.15) is 53.4 Å². The lowest BCUT2D eigenvalue weighted by Crippen LogP contribution is -2.43. The maximum Gasteiger partial charge on any atom is 0.0526 e. The first-order chi connectivity index (χ1) is 6.42. The van der Waals surface area contributed by atoms with Crippen LogP contribution in [0.4, 0.5) is 0 Å². The summed E-state index contributed by atoms with van der Waals surface area (Å²) < 4.78 is 0. The summed E-state index contributed by atoms with van der Waals surface area (Å²) in [5, 5.41) is 12.9. The van der Waals surface area contributed by atoms with E-state index in [2.05, 4.69) is 26.1 Å². The second-order valence-corrected chi connectivity index (χ2v) is 5.59. The molecule has 14 heavy (non-hydrogen) atoms. The van der Waals surface area contributed by atoms with Gasteiger partial charge in [-0.3, -0.25) is 0 Å². The second kappa shape index (κ2) is 4.63. The van der Waals surface area contributed by atoms with Crippen LogP contribution in [0.5, 0.6) is 0 Å². The van der Waals surface area contributed by atoms with Gasteiger partial charge in [-0.05, 0) is 38.5 Å². The fourth-order valence-corrected chi connectivity index (χ4v) is 2.56. The largest absolute Gasteiger partial charge is 0.393 e. The van der Waals surface area contributed by atoms with E-state index in [4.69, 9.17) is 0 Å². The molecule has 2 N–H and O–H groups in total. The molecule has 0 amide bonds. The van der Waals surface area contributed by atoms with Gasteiger partial charge in [0.05, 0.1) is 6.10 Å². The molecule has 1 saturated carbocycles. The van der Waals surface area contributed by atoms with Crippen molar-refractivity contribution in [1.29, 1.82) is 0 Å². The lowest BCUT2D eigenvalue weighted by molar-refractivity contribution is 0.159. The molecule has 3 atom stereocenters. The molecule has 2 nitrogen and oxygen atoms in total. The number of rotatable bonds is 4. The molecule has 0 aromatic heterocycles. The molecule has 0 aliphatic heterocycles. The Hall–Kier alpha value is -0.0800. The van der Waals surface area contributed by atoms with Crippen molar-refractivity contribution in [3.05, 3.63) is 0 Å². The zero-order valence-corrected chi connectivity index (χ0v) is 10.0. The van der Waals surface area contributed by atoms with E-state index in [1.165, 1.54) is 19.3 Å². The van der Waals surface area contributed by atoms with E-state index < -0.39 is 0 Å². The van der Waals surface area contributed by atoms with E-state index in [-0.39, 0.29) is 6.10 Å². The standard InChI is InChI=1S/C12H25NO/c1-9(8-10(2)14)13-11-6-5-7-12(11,3)4/h9-11,13-14H,5-8H2,1-4H3. The van der Waals surface area contributed by atoms with Crippen molar-refractivity contribution in [2.24, 2.45) is 5.41 Å². The summed E-state index contributed by atoms with van der Waals surface area (Å²) in [6.07, 6.45) is 4.61. The van der Waals surface area contributed by atoms with Crippen LogP contribution in [0.3, 0.4) is 0 Å². The highest BCUT2D eigenvalue weighted by Crippen LogP contribution is 2.37. The molecule has 3 unspecified atom stereocenters. The minimum absolute atomic E-state index is 0.193. The molecule has 0 spiro atoms. The number of hydrogen-bond acceptors (Lipinski definition) is 2. The fraction of sp³-hybridized carbons (Fsp3) is 1.00. The third kappa shape index (κ3) is 3.25. The van der Waals surface area contributed by atoms with Gasteiger partial charge < -0.3 is 10.4 Å². The first kappa shape index (κ1) is 12.0. The Bertz CT molecular complexity index is 177. The number of hydrogen-bond donors (Lipinski definition) is 2. The number of aliphatic hydroxyl groups excluding tert-OH is 1. The monoisotopic (exact) mass is 199 g/mol. The zero-order valence-electron chi connectivity index (χ0n) is 10.0. The maximum absolute atomic E-state index is 9.29. The van der Waals surface area contributed by atoms with E-state index in [0.717, 1.165) is 6.42 Å². The molecule has 0 heterocycles. The minimum Gasteiger partial charge on any atom is -0.393 e. The topological polar surface area (TPSA) is 32.3 Å². The van der Waals surface area contributed by atoms with Crippen LogP contribution in [0.2, 0.25) is 0 Å². The molecule has 0 aromatic rings. The lowest BCUT2D eigenvalue weighted by atomic mass is 9.87. The number of aliphatic hydroxyl groups is 1. The molecule has 0 aromatic carbocycles. The summed E-state index contributed by atoms with van der Waals surface area (Å²) in [5.41, 5.74) is 0.437. The predicted octanol–water partition coefficient (Wildman–Crippen LogP) is 2.31. The highest BCUT2D eigenvalue weighted by Gasteiger charge is 2.34. The Kier molecular flexibility index (Phi) is 3.96. The Balaban J connectivity index is 2.36. The van der Waals surface area contributed by atoms with Gasteiger partial charge in [-0.2, -0.15) is 0 Å². The quantitative estimate of drug-likeness (QED) is 0.728. The summed E-state index contributed by atoms with van der Waals surface area (Å²) >= 11 is 0. The minimum atomic E-state index is -0.193. The van der Waals surface area contributed by atoms with Crippen molar-refractivity contribution < 1.29 is 5.11 Å². The molecule has 84 valence electrons. The Morgan fingerprint density at radius 1 is 1.43 bits per heavy atom. The van der Waals surface area contributed by atoms with Crippen LogP contribution in [0.15, 0.2) is 0 Å². The highest BCUT2D eigenvalue weighted by atomic mass is 16.3. The van der Waals surface area contributed by atoms with Gasteiger partial charge in [-0.25, -0.2) is 0 Å². The second-order valence-electron chi connectivity index (χ2n) is 5.59. The molecule has 1 aliphatic carbocycles.